The number of esters is 1. The Balaban J connectivity index is 1.56. The summed E-state index contributed by atoms with van der Waals surface area (Å²) in [5, 5.41) is 2.51. The lowest BCUT2D eigenvalue weighted by Gasteiger charge is -2.31. The third-order valence-electron chi connectivity index (χ3n) is 6.15. The third-order valence-corrected chi connectivity index (χ3v) is 7.07. The minimum absolute atomic E-state index is 0.0185. The van der Waals surface area contributed by atoms with Gasteiger partial charge in [-0.1, -0.05) is 24.3 Å². The number of aromatic nitrogens is 1. The molecule has 1 aromatic heterocycles. The molecule has 1 aliphatic rings. The van der Waals surface area contributed by atoms with Crippen LogP contribution in [-0.2, 0) is 27.2 Å². The number of amides is 1. The molecule has 2 aromatic carbocycles. The second-order valence-corrected chi connectivity index (χ2v) is 11.0. The number of nitrogens with two attached hydrogens (primary N) is 1. The molecule has 0 fully saturated rings. The fourth-order valence-electron chi connectivity index (χ4n) is 4.59. The SMILES string of the molecule is CN(C(=O)C1(CC(=O)OC(C)(C)C)Cc2ccccc2C1)c1nc(-c2ccc(OCCN)cc2)cs1. The summed E-state index contributed by atoms with van der Waals surface area (Å²) in [5.74, 6) is 0.252. The molecule has 1 aliphatic carbocycles. The number of rotatable bonds is 8. The summed E-state index contributed by atoms with van der Waals surface area (Å²) in [4.78, 5) is 33.2. The lowest BCUT2D eigenvalue weighted by Crippen LogP contribution is -2.45. The van der Waals surface area contributed by atoms with Crippen molar-refractivity contribution in [3.63, 3.8) is 0 Å². The van der Waals surface area contributed by atoms with Crippen molar-refractivity contribution in [3.05, 3.63) is 65.0 Å². The summed E-state index contributed by atoms with van der Waals surface area (Å²) < 4.78 is 11.2. The molecule has 1 heterocycles. The number of hydrogen-bond acceptors (Lipinski definition) is 7. The number of carbonyl (C=O) groups is 2. The minimum atomic E-state index is -0.908. The molecule has 0 atom stereocenters. The average molecular weight is 508 g/mol. The zero-order chi connectivity index (χ0) is 25.9. The summed E-state index contributed by atoms with van der Waals surface area (Å²) in [6, 6.07) is 15.6. The van der Waals surface area contributed by atoms with E-state index in [2.05, 4.69) is 0 Å². The van der Waals surface area contributed by atoms with Gasteiger partial charge in [0.25, 0.3) is 0 Å². The highest BCUT2D eigenvalue weighted by Crippen LogP contribution is 2.43. The van der Waals surface area contributed by atoms with E-state index in [1.807, 2.05) is 74.7 Å². The first-order valence-electron chi connectivity index (χ1n) is 12.1. The van der Waals surface area contributed by atoms with Crippen molar-refractivity contribution in [2.24, 2.45) is 11.1 Å². The van der Waals surface area contributed by atoms with E-state index in [9.17, 15) is 9.59 Å². The highest BCUT2D eigenvalue weighted by Gasteiger charge is 2.48. The number of thiazole rings is 1. The number of hydrogen-bond donors (Lipinski definition) is 1. The molecule has 4 rings (SSSR count). The molecule has 0 unspecified atom stereocenters. The highest BCUT2D eigenvalue weighted by atomic mass is 32.1. The van der Waals surface area contributed by atoms with E-state index in [0.29, 0.717) is 31.1 Å². The first-order valence-corrected chi connectivity index (χ1v) is 12.9. The van der Waals surface area contributed by atoms with Gasteiger partial charge in [-0.3, -0.25) is 14.5 Å². The van der Waals surface area contributed by atoms with Crippen molar-refractivity contribution in [2.75, 3.05) is 25.1 Å². The molecule has 36 heavy (non-hydrogen) atoms. The molecule has 0 radical (unpaired) electrons. The molecular weight excluding hydrogens is 474 g/mol. The number of ether oxygens (including phenoxy) is 2. The minimum Gasteiger partial charge on any atom is -0.492 e. The van der Waals surface area contributed by atoms with Gasteiger partial charge in [0.15, 0.2) is 5.13 Å². The Morgan fingerprint density at radius 2 is 1.72 bits per heavy atom. The lowest BCUT2D eigenvalue weighted by atomic mass is 9.80. The Morgan fingerprint density at radius 3 is 2.31 bits per heavy atom. The maximum absolute atomic E-state index is 14.0. The molecule has 0 aliphatic heterocycles. The Labute approximate surface area is 216 Å². The van der Waals surface area contributed by atoms with Crippen LogP contribution < -0.4 is 15.4 Å². The zero-order valence-corrected chi connectivity index (χ0v) is 22.1. The topological polar surface area (TPSA) is 94.8 Å². The van der Waals surface area contributed by atoms with Gasteiger partial charge < -0.3 is 15.2 Å². The quantitative estimate of drug-likeness (QED) is 0.447. The van der Waals surface area contributed by atoms with Crippen molar-refractivity contribution in [1.29, 1.82) is 0 Å². The van der Waals surface area contributed by atoms with Gasteiger partial charge in [0.05, 0.1) is 17.5 Å². The van der Waals surface area contributed by atoms with Crippen LogP contribution in [0, 0.1) is 5.41 Å². The second kappa shape index (κ2) is 10.4. The van der Waals surface area contributed by atoms with Crippen LogP contribution >= 0.6 is 11.3 Å². The third kappa shape index (κ3) is 5.77. The Hall–Kier alpha value is -3.23. The van der Waals surface area contributed by atoms with Crippen molar-refractivity contribution in [2.45, 2.75) is 45.6 Å². The normalized spacial score (nSPS) is 14.2. The molecule has 7 nitrogen and oxygen atoms in total. The molecule has 1 amide bonds. The highest BCUT2D eigenvalue weighted by molar-refractivity contribution is 7.14. The largest absolute Gasteiger partial charge is 0.492 e. The van der Waals surface area contributed by atoms with Gasteiger partial charge in [0, 0.05) is 24.5 Å². The molecule has 0 bridgehead atoms. The second-order valence-electron chi connectivity index (χ2n) is 10.2. The van der Waals surface area contributed by atoms with Crippen LogP contribution in [0.1, 0.15) is 38.3 Å². The lowest BCUT2D eigenvalue weighted by molar-refractivity contribution is -0.159. The zero-order valence-electron chi connectivity index (χ0n) is 21.2. The number of anilines is 1. The molecule has 3 aromatic rings. The smallest absolute Gasteiger partial charge is 0.307 e. The number of fused-ring (bicyclic) bond motifs is 1. The molecule has 0 saturated heterocycles. The Morgan fingerprint density at radius 1 is 1.08 bits per heavy atom. The number of benzene rings is 2. The van der Waals surface area contributed by atoms with Gasteiger partial charge in [0.2, 0.25) is 5.91 Å². The van der Waals surface area contributed by atoms with E-state index in [1.54, 1.807) is 11.9 Å². The van der Waals surface area contributed by atoms with Crippen LogP contribution in [0.5, 0.6) is 5.75 Å². The molecule has 0 spiro atoms. The van der Waals surface area contributed by atoms with Gasteiger partial charge in [-0.2, -0.15) is 0 Å². The summed E-state index contributed by atoms with van der Waals surface area (Å²) >= 11 is 1.40. The summed E-state index contributed by atoms with van der Waals surface area (Å²) in [6.45, 7) is 6.43. The van der Waals surface area contributed by atoms with Crippen LogP contribution in [0.4, 0.5) is 5.13 Å². The summed E-state index contributed by atoms with van der Waals surface area (Å²) in [6.07, 6.45) is 1.01. The predicted molar refractivity (Wildman–Crippen MR) is 142 cm³/mol. The van der Waals surface area contributed by atoms with Gasteiger partial charge in [-0.05, 0) is 69.0 Å². The van der Waals surface area contributed by atoms with Crippen molar-refractivity contribution in [1.82, 2.24) is 4.98 Å². The van der Waals surface area contributed by atoms with E-state index in [4.69, 9.17) is 20.2 Å². The van der Waals surface area contributed by atoms with Gasteiger partial charge in [-0.25, -0.2) is 4.98 Å². The van der Waals surface area contributed by atoms with E-state index >= 15 is 0 Å². The van der Waals surface area contributed by atoms with E-state index in [-0.39, 0.29) is 18.3 Å². The van der Waals surface area contributed by atoms with Gasteiger partial charge >= 0.3 is 5.97 Å². The van der Waals surface area contributed by atoms with Crippen molar-refractivity contribution >= 4 is 28.3 Å². The maximum atomic E-state index is 14.0. The first-order chi connectivity index (χ1) is 17.1. The summed E-state index contributed by atoms with van der Waals surface area (Å²) in [5.41, 5.74) is 7.86. The maximum Gasteiger partial charge on any atom is 0.307 e. The fourth-order valence-corrected chi connectivity index (χ4v) is 5.39. The molecule has 190 valence electrons. The van der Waals surface area contributed by atoms with Crippen LogP contribution in [0.3, 0.4) is 0 Å². The monoisotopic (exact) mass is 507 g/mol. The van der Waals surface area contributed by atoms with E-state index in [0.717, 1.165) is 28.1 Å². The van der Waals surface area contributed by atoms with Crippen LogP contribution in [0.25, 0.3) is 11.3 Å². The Bertz CT molecular complexity index is 1210. The number of nitrogens with zero attached hydrogens (tertiary/aromatic N) is 2. The van der Waals surface area contributed by atoms with E-state index in [1.165, 1.54) is 11.3 Å². The fraction of sp³-hybridized carbons (Fsp3) is 0.393. The average Bonchev–Trinajstić information content (AvgIpc) is 3.46. The van der Waals surface area contributed by atoms with Gasteiger partial charge in [-0.15, -0.1) is 11.3 Å². The van der Waals surface area contributed by atoms with Crippen molar-refractivity contribution < 1.29 is 19.1 Å². The van der Waals surface area contributed by atoms with Crippen LogP contribution in [0.15, 0.2) is 53.9 Å². The molecule has 0 saturated carbocycles. The van der Waals surface area contributed by atoms with E-state index < -0.39 is 11.0 Å². The predicted octanol–water partition coefficient (Wildman–Crippen LogP) is 4.63. The summed E-state index contributed by atoms with van der Waals surface area (Å²) in [7, 11) is 1.73. The standard InChI is InChI=1S/C28H33N3O4S/c1-27(2,3)35-24(32)17-28(15-20-7-5-6-8-21(20)16-28)25(33)31(4)26-30-23(18-36-26)19-9-11-22(12-10-19)34-14-13-29/h5-12,18H,13-17,29H2,1-4H3. The van der Waals surface area contributed by atoms with Crippen LogP contribution in [-0.4, -0.2) is 42.7 Å². The molecule has 2 N–H and O–H groups in total. The Kier molecular flexibility index (Phi) is 7.47. The van der Waals surface area contributed by atoms with Crippen LogP contribution in [0.2, 0.25) is 0 Å². The number of carbonyl (C=O) groups excluding carboxylic acids is 2. The molecule has 8 heteroatoms. The first kappa shape index (κ1) is 25.9. The van der Waals surface area contributed by atoms with Gasteiger partial charge in [0.1, 0.15) is 18.0 Å². The van der Waals surface area contributed by atoms with Crippen molar-refractivity contribution in [3.8, 4) is 17.0 Å². The molecular formula is C28H33N3O4S.